The Morgan fingerprint density at radius 3 is 2.47 bits per heavy atom. The van der Waals surface area contributed by atoms with E-state index in [9.17, 15) is 13.2 Å². The SMILES string of the molecule is C=C(/C=C(\NC)NCCOC)NCC(F)(F)F. The molecule has 100 valence electrons. The fourth-order valence-corrected chi connectivity index (χ4v) is 0.938. The molecule has 0 atom stereocenters. The average molecular weight is 253 g/mol. The van der Waals surface area contributed by atoms with E-state index in [2.05, 4.69) is 22.5 Å². The molecule has 4 nitrogen and oxygen atoms in total. The first-order chi connectivity index (χ1) is 7.89. The predicted molar refractivity (Wildman–Crippen MR) is 60.2 cm³/mol. The van der Waals surface area contributed by atoms with Gasteiger partial charge in [0.05, 0.1) is 6.61 Å². The minimum absolute atomic E-state index is 0.177. The van der Waals surface area contributed by atoms with Crippen LogP contribution in [0.15, 0.2) is 24.2 Å². The molecule has 0 aliphatic carbocycles. The van der Waals surface area contributed by atoms with E-state index < -0.39 is 12.7 Å². The van der Waals surface area contributed by atoms with Crippen molar-refractivity contribution in [2.75, 3.05) is 33.9 Å². The van der Waals surface area contributed by atoms with Crippen LogP contribution >= 0.6 is 0 Å². The minimum atomic E-state index is -4.25. The van der Waals surface area contributed by atoms with Gasteiger partial charge < -0.3 is 20.7 Å². The summed E-state index contributed by atoms with van der Waals surface area (Å²) in [6, 6.07) is 0. The van der Waals surface area contributed by atoms with Gasteiger partial charge in [0.1, 0.15) is 12.4 Å². The highest BCUT2D eigenvalue weighted by atomic mass is 19.4. The van der Waals surface area contributed by atoms with Crippen LogP contribution in [0.25, 0.3) is 0 Å². The van der Waals surface area contributed by atoms with Crippen molar-refractivity contribution >= 4 is 0 Å². The van der Waals surface area contributed by atoms with Crippen LogP contribution in [0, 0.1) is 0 Å². The zero-order valence-corrected chi connectivity index (χ0v) is 9.95. The van der Waals surface area contributed by atoms with Crippen LogP contribution in [0.5, 0.6) is 0 Å². The first kappa shape index (κ1) is 15.6. The number of ether oxygens (including phenoxy) is 1. The van der Waals surface area contributed by atoms with Crippen molar-refractivity contribution < 1.29 is 17.9 Å². The molecule has 0 aromatic rings. The van der Waals surface area contributed by atoms with Crippen LogP contribution < -0.4 is 16.0 Å². The van der Waals surface area contributed by atoms with Crippen molar-refractivity contribution in [3.05, 3.63) is 24.2 Å². The molecule has 0 fully saturated rings. The van der Waals surface area contributed by atoms with E-state index in [1.165, 1.54) is 6.08 Å². The van der Waals surface area contributed by atoms with Crippen molar-refractivity contribution in [3.63, 3.8) is 0 Å². The Morgan fingerprint density at radius 1 is 1.35 bits per heavy atom. The summed E-state index contributed by atoms with van der Waals surface area (Å²) in [7, 11) is 3.22. The van der Waals surface area contributed by atoms with E-state index in [-0.39, 0.29) is 5.70 Å². The molecule has 0 aliphatic heterocycles. The van der Waals surface area contributed by atoms with Crippen LogP contribution in [-0.4, -0.2) is 40.0 Å². The van der Waals surface area contributed by atoms with Gasteiger partial charge >= 0.3 is 6.18 Å². The number of allylic oxidation sites excluding steroid dienone is 1. The summed E-state index contributed by atoms with van der Waals surface area (Å²) in [6.07, 6.45) is -2.79. The normalized spacial score (nSPS) is 12.2. The van der Waals surface area contributed by atoms with Gasteiger partial charge in [0.2, 0.25) is 0 Å². The molecule has 0 spiro atoms. The standard InChI is InChI=1S/C10H18F3N3O/c1-8(16-7-10(11,12)13)6-9(14-2)15-4-5-17-3/h6,14-16H,1,4-5,7H2,2-3H3/b9-6+. The highest BCUT2D eigenvalue weighted by Crippen LogP contribution is 2.12. The number of nitrogens with one attached hydrogen (secondary N) is 3. The molecular weight excluding hydrogens is 235 g/mol. The van der Waals surface area contributed by atoms with Crippen molar-refractivity contribution in [2.24, 2.45) is 0 Å². The second kappa shape index (κ2) is 7.83. The van der Waals surface area contributed by atoms with E-state index in [0.29, 0.717) is 19.0 Å². The molecule has 0 aliphatic rings. The number of alkyl halides is 3. The molecule has 7 heteroatoms. The highest BCUT2D eigenvalue weighted by Gasteiger charge is 2.26. The summed E-state index contributed by atoms with van der Waals surface area (Å²) in [6.45, 7) is 3.43. The van der Waals surface area contributed by atoms with E-state index in [0.717, 1.165) is 0 Å². The van der Waals surface area contributed by atoms with Gasteiger partial charge in [-0.2, -0.15) is 13.2 Å². The van der Waals surface area contributed by atoms with Crippen molar-refractivity contribution in [1.82, 2.24) is 16.0 Å². The molecule has 0 rings (SSSR count). The maximum atomic E-state index is 11.9. The van der Waals surface area contributed by atoms with Crippen LogP contribution in [0.2, 0.25) is 0 Å². The number of rotatable bonds is 8. The molecule has 0 radical (unpaired) electrons. The summed E-state index contributed by atoms with van der Waals surface area (Å²) in [5.41, 5.74) is 0.177. The Bertz CT molecular complexity index is 264. The fourth-order valence-electron chi connectivity index (χ4n) is 0.938. The van der Waals surface area contributed by atoms with Crippen molar-refractivity contribution in [3.8, 4) is 0 Å². The zero-order chi connectivity index (χ0) is 13.3. The quantitative estimate of drug-likeness (QED) is 0.445. The van der Waals surface area contributed by atoms with Crippen LogP contribution in [0.1, 0.15) is 0 Å². The fraction of sp³-hybridized carbons (Fsp3) is 0.600. The molecular formula is C10H18F3N3O. The van der Waals surface area contributed by atoms with Gasteiger partial charge in [-0.15, -0.1) is 0 Å². The van der Waals surface area contributed by atoms with Gasteiger partial charge in [0.25, 0.3) is 0 Å². The first-order valence-electron chi connectivity index (χ1n) is 5.01. The van der Waals surface area contributed by atoms with Gasteiger partial charge in [-0.1, -0.05) is 6.58 Å². The summed E-state index contributed by atoms with van der Waals surface area (Å²) < 4.78 is 40.6. The number of hydrogen-bond acceptors (Lipinski definition) is 4. The molecule has 0 amide bonds. The summed E-state index contributed by atoms with van der Waals surface area (Å²) in [5, 5.41) is 7.91. The average Bonchev–Trinajstić information content (AvgIpc) is 2.24. The second-order valence-electron chi connectivity index (χ2n) is 3.22. The van der Waals surface area contributed by atoms with Crippen LogP contribution in [0.4, 0.5) is 13.2 Å². The number of hydrogen-bond donors (Lipinski definition) is 3. The summed E-state index contributed by atoms with van der Waals surface area (Å²) >= 11 is 0. The van der Waals surface area contributed by atoms with Crippen LogP contribution in [0.3, 0.4) is 0 Å². The number of halogens is 3. The van der Waals surface area contributed by atoms with Gasteiger partial charge in [-0.3, -0.25) is 0 Å². The van der Waals surface area contributed by atoms with Crippen LogP contribution in [-0.2, 0) is 4.74 Å². The molecule has 0 saturated heterocycles. The lowest BCUT2D eigenvalue weighted by atomic mass is 10.4. The largest absolute Gasteiger partial charge is 0.405 e. The number of methoxy groups -OCH3 is 1. The first-order valence-corrected chi connectivity index (χ1v) is 5.01. The Hall–Kier alpha value is -1.37. The summed E-state index contributed by atoms with van der Waals surface area (Å²) in [4.78, 5) is 0. The van der Waals surface area contributed by atoms with Crippen molar-refractivity contribution in [2.45, 2.75) is 6.18 Å². The smallest absolute Gasteiger partial charge is 0.383 e. The Balaban J connectivity index is 4.08. The zero-order valence-electron chi connectivity index (χ0n) is 9.95. The lowest BCUT2D eigenvalue weighted by Gasteiger charge is -2.13. The van der Waals surface area contributed by atoms with E-state index >= 15 is 0 Å². The lowest BCUT2D eigenvalue weighted by Crippen LogP contribution is -2.30. The predicted octanol–water partition coefficient (Wildman–Crippen LogP) is 0.949. The molecule has 0 heterocycles. The molecule has 0 aromatic heterocycles. The maximum absolute atomic E-state index is 11.9. The third-order valence-electron chi connectivity index (χ3n) is 1.73. The van der Waals surface area contributed by atoms with E-state index in [1.807, 2.05) is 0 Å². The molecule has 17 heavy (non-hydrogen) atoms. The van der Waals surface area contributed by atoms with Gasteiger partial charge in [0, 0.05) is 32.5 Å². The summed E-state index contributed by atoms with van der Waals surface area (Å²) in [5.74, 6) is 0.571. The Kier molecular flexibility index (Phi) is 7.20. The molecule has 0 aromatic carbocycles. The van der Waals surface area contributed by atoms with Crippen molar-refractivity contribution in [1.29, 1.82) is 0 Å². The molecule has 0 saturated carbocycles. The molecule has 0 unspecified atom stereocenters. The minimum Gasteiger partial charge on any atom is -0.383 e. The van der Waals surface area contributed by atoms with Gasteiger partial charge in [-0.05, 0) is 0 Å². The van der Waals surface area contributed by atoms with E-state index in [4.69, 9.17) is 4.74 Å². The third-order valence-corrected chi connectivity index (χ3v) is 1.73. The molecule has 3 N–H and O–H groups in total. The third kappa shape index (κ3) is 9.55. The topological polar surface area (TPSA) is 45.3 Å². The van der Waals surface area contributed by atoms with Gasteiger partial charge in [-0.25, -0.2) is 0 Å². The van der Waals surface area contributed by atoms with Gasteiger partial charge in [0.15, 0.2) is 0 Å². The highest BCUT2D eigenvalue weighted by molar-refractivity contribution is 5.17. The van der Waals surface area contributed by atoms with E-state index in [1.54, 1.807) is 14.2 Å². The second-order valence-corrected chi connectivity index (χ2v) is 3.22. The lowest BCUT2D eigenvalue weighted by molar-refractivity contribution is -0.123. The molecule has 0 bridgehead atoms. The monoisotopic (exact) mass is 253 g/mol. The maximum Gasteiger partial charge on any atom is 0.405 e. The Morgan fingerprint density at radius 2 is 2.00 bits per heavy atom. The Labute approximate surface area is 98.9 Å².